The lowest BCUT2D eigenvalue weighted by atomic mass is 10.1. The highest BCUT2D eigenvalue weighted by atomic mass is 16.1. The van der Waals surface area contributed by atoms with E-state index in [9.17, 15) is 4.79 Å². The number of nitrogens with zero attached hydrogens (tertiary/aromatic N) is 6. The average molecular weight is 442 g/mol. The van der Waals surface area contributed by atoms with E-state index in [0.29, 0.717) is 11.4 Å². The van der Waals surface area contributed by atoms with Gasteiger partial charge in [0.1, 0.15) is 11.6 Å². The first-order valence-corrected chi connectivity index (χ1v) is 11.2. The highest BCUT2D eigenvalue weighted by molar-refractivity contribution is 6.05. The molecule has 3 aromatic heterocycles. The molecule has 0 spiro atoms. The van der Waals surface area contributed by atoms with Gasteiger partial charge in [0, 0.05) is 68.3 Å². The highest BCUT2D eigenvalue weighted by Crippen LogP contribution is 2.25. The van der Waals surface area contributed by atoms with Crippen LogP contribution in [-0.2, 0) is 7.05 Å². The van der Waals surface area contributed by atoms with Gasteiger partial charge in [-0.05, 0) is 41.8 Å². The smallest absolute Gasteiger partial charge is 0.257 e. The number of rotatable bonds is 5. The molecule has 0 bridgehead atoms. The van der Waals surface area contributed by atoms with E-state index in [4.69, 9.17) is 0 Å². The number of hydrogen-bond acceptors (Lipinski definition) is 6. The van der Waals surface area contributed by atoms with Crippen molar-refractivity contribution in [1.29, 1.82) is 0 Å². The summed E-state index contributed by atoms with van der Waals surface area (Å²) in [6.45, 7) is 7.09. The quantitative estimate of drug-likeness (QED) is 0.511. The summed E-state index contributed by atoms with van der Waals surface area (Å²) in [6.07, 6.45) is 7.30. The van der Waals surface area contributed by atoms with Gasteiger partial charge in [0.2, 0.25) is 0 Å². The molecule has 1 N–H and O–H groups in total. The van der Waals surface area contributed by atoms with Crippen LogP contribution in [0.3, 0.4) is 0 Å². The Hall–Kier alpha value is -3.78. The summed E-state index contributed by atoms with van der Waals surface area (Å²) in [4.78, 5) is 26.5. The van der Waals surface area contributed by atoms with Crippen LogP contribution in [-0.4, -0.2) is 63.3 Å². The van der Waals surface area contributed by atoms with Crippen molar-refractivity contribution in [1.82, 2.24) is 24.6 Å². The maximum absolute atomic E-state index is 13.0. The number of amides is 1. The van der Waals surface area contributed by atoms with Crippen molar-refractivity contribution < 1.29 is 4.79 Å². The Morgan fingerprint density at radius 2 is 1.82 bits per heavy atom. The zero-order valence-corrected chi connectivity index (χ0v) is 18.9. The normalized spacial score (nSPS) is 14.5. The molecule has 8 heteroatoms. The Labute approximate surface area is 192 Å². The van der Waals surface area contributed by atoms with Crippen molar-refractivity contribution in [3.8, 4) is 11.1 Å². The lowest BCUT2D eigenvalue weighted by molar-refractivity contribution is 0.102. The Morgan fingerprint density at radius 3 is 2.58 bits per heavy atom. The van der Waals surface area contributed by atoms with Gasteiger partial charge in [0.25, 0.3) is 5.91 Å². The fourth-order valence-electron chi connectivity index (χ4n) is 4.17. The van der Waals surface area contributed by atoms with Crippen LogP contribution in [0.15, 0.2) is 61.2 Å². The number of piperazine rings is 1. The molecular formula is C25H27N7O. The molecule has 0 aliphatic carbocycles. The van der Waals surface area contributed by atoms with Gasteiger partial charge in [-0.25, -0.2) is 9.97 Å². The number of carbonyl (C=O) groups is 1. The van der Waals surface area contributed by atoms with Gasteiger partial charge >= 0.3 is 0 Å². The SMILES string of the molecule is CCN1CCN(c2cc(C(=O)Nc3cc4cc(-c5cnn(C)c5)ccc4cn3)ccn2)CC1. The van der Waals surface area contributed by atoms with Crippen molar-refractivity contribution in [3.63, 3.8) is 0 Å². The number of anilines is 2. The number of hydrogen-bond donors (Lipinski definition) is 1. The van der Waals surface area contributed by atoms with Gasteiger partial charge in [-0.3, -0.25) is 9.48 Å². The van der Waals surface area contributed by atoms with Crippen molar-refractivity contribution >= 4 is 28.3 Å². The van der Waals surface area contributed by atoms with Crippen molar-refractivity contribution in [3.05, 3.63) is 66.7 Å². The summed E-state index contributed by atoms with van der Waals surface area (Å²) in [5.74, 6) is 1.16. The summed E-state index contributed by atoms with van der Waals surface area (Å²) in [5, 5.41) is 9.21. The Kier molecular flexibility index (Phi) is 5.75. The Balaban J connectivity index is 1.33. The first-order chi connectivity index (χ1) is 16.1. The topological polar surface area (TPSA) is 79.2 Å². The van der Waals surface area contributed by atoms with E-state index in [1.165, 1.54) is 0 Å². The number of carbonyl (C=O) groups excluding carboxylic acids is 1. The molecule has 1 aliphatic heterocycles. The van der Waals surface area contributed by atoms with Crippen LogP contribution in [0.2, 0.25) is 0 Å². The van der Waals surface area contributed by atoms with Crippen LogP contribution < -0.4 is 10.2 Å². The van der Waals surface area contributed by atoms with Crippen molar-refractivity contribution in [2.24, 2.45) is 7.05 Å². The van der Waals surface area contributed by atoms with Crippen LogP contribution in [0.25, 0.3) is 21.9 Å². The van der Waals surface area contributed by atoms with E-state index in [1.807, 2.05) is 37.6 Å². The molecule has 4 heterocycles. The molecule has 1 saturated heterocycles. The predicted octanol–water partition coefficient (Wildman–Crippen LogP) is 3.42. The van der Waals surface area contributed by atoms with E-state index in [0.717, 1.165) is 60.4 Å². The standard InChI is InChI=1S/C25H27N7O/c1-3-31-8-10-32(11-9-31)24-14-19(6-7-26-24)25(33)29-23-13-21-12-18(4-5-20(21)15-27-23)22-16-28-30(2)17-22/h4-7,12-17H,3,8-11H2,1-2H3,(H,27,29,33). The minimum atomic E-state index is -0.193. The fraction of sp³-hybridized carbons (Fsp3) is 0.280. The number of benzene rings is 1. The zero-order chi connectivity index (χ0) is 22.8. The summed E-state index contributed by atoms with van der Waals surface area (Å²) in [7, 11) is 1.90. The van der Waals surface area contributed by atoms with Crippen LogP contribution in [0.1, 0.15) is 17.3 Å². The average Bonchev–Trinajstić information content (AvgIpc) is 3.30. The summed E-state index contributed by atoms with van der Waals surface area (Å²) >= 11 is 0. The minimum Gasteiger partial charge on any atom is -0.354 e. The molecule has 1 aromatic carbocycles. The lowest BCUT2D eigenvalue weighted by Gasteiger charge is -2.34. The number of likely N-dealkylation sites (N-methyl/N-ethyl adjacent to an activating group) is 1. The molecule has 0 saturated carbocycles. The molecule has 0 atom stereocenters. The van der Waals surface area contributed by atoms with Crippen LogP contribution >= 0.6 is 0 Å². The van der Waals surface area contributed by atoms with Crippen LogP contribution in [0.5, 0.6) is 0 Å². The Bertz CT molecular complexity index is 1290. The molecule has 4 aromatic rings. The number of fused-ring (bicyclic) bond motifs is 1. The van der Waals surface area contributed by atoms with Crippen LogP contribution in [0.4, 0.5) is 11.6 Å². The van der Waals surface area contributed by atoms with Crippen LogP contribution in [0, 0.1) is 0 Å². The number of pyridine rings is 2. The first-order valence-electron chi connectivity index (χ1n) is 11.2. The third kappa shape index (κ3) is 4.56. The molecule has 168 valence electrons. The predicted molar refractivity (Wildman–Crippen MR) is 130 cm³/mol. The lowest BCUT2D eigenvalue weighted by Crippen LogP contribution is -2.46. The molecule has 0 unspecified atom stereocenters. The minimum absolute atomic E-state index is 0.193. The highest BCUT2D eigenvalue weighted by Gasteiger charge is 2.18. The zero-order valence-electron chi connectivity index (χ0n) is 18.9. The number of aryl methyl sites for hydroxylation is 1. The molecule has 8 nitrogen and oxygen atoms in total. The van der Waals surface area contributed by atoms with E-state index in [1.54, 1.807) is 23.1 Å². The summed E-state index contributed by atoms with van der Waals surface area (Å²) in [5.41, 5.74) is 2.69. The molecular weight excluding hydrogens is 414 g/mol. The Morgan fingerprint density at radius 1 is 0.970 bits per heavy atom. The monoisotopic (exact) mass is 441 g/mol. The van der Waals surface area contributed by atoms with Gasteiger partial charge < -0.3 is 15.1 Å². The second-order valence-electron chi connectivity index (χ2n) is 8.31. The summed E-state index contributed by atoms with van der Waals surface area (Å²) in [6, 6.07) is 11.7. The number of aromatic nitrogens is 4. The van der Waals surface area contributed by atoms with Gasteiger partial charge in [-0.1, -0.05) is 19.1 Å². The van der Waals surface area contributed by atoms with E-state index < -0.39 is 0 Å². The van der Waals surface area contributed by atoms with E-state index in [2.05, 4.69) is 49.2 Å². The van der Waals surface area contributed by atoms with Gasteiger partial charge in [-0.2, -0.15) is 5.10 Å². The van der Waals surface area contributed by atoms with E-state index >= 15 is 0 Å². The second kappa shape index (κ2) is 8.99. The van der Waals surface area contributed by atoms with E-state index in [-0.39, 0.29) is 5.91 Å². The molecule has 1 fully saturated rings. The van der Waals surface area contributed by atoms with Gasteiger partial charge in [0.15, 0.2) is 0 Å². The molecule has 33 heavy (non-hydrogen) atoms. The van der Waals surface area contributed by atoms with Crippen molar-refractivity contribution in [2.75, 3.05) is 42.9 Å². The second-order valence-corrected chi connectivity index (χ2v) is 8.31. The third-order valence-electron chi connectivity index (χ3n) is 6.15. The third-order valence-corrected chi connectivity index (χ3v) is 6.15. The molecule has 5 rings (SSSR count). The molecule has 1 aliphatic rings. The first kappa shape index (κ1) is 21.1. The van der Waals surface area contributed by atoms with Crippen molar-refractivity contribution in [2.45, 2.75) is 6.92 Å². The molecule has 0 radical (unpaired) electrons. The van der Waals surface area contributed by atoms with Gasteiger partial charge in [-0.15, -0.1) is 0 Å². The maximum Gasteiger partial charge on any atom is 0.257 e. The fourth-order valence-corrected chi connectivity index (χ4v) is 4.17. The molecule has 1 amide bonds. The largest absolute Gasteiger partial charge is 0.354 e. The summed E-state index contributed by atoms with van der Waals surface area (Å²) < 4.78 is 1.78. The maximum atomic E-state index is 13.0. The number of nitrogens with one attached hydrogen (secondary N) is 1. The van der Waals surface area contributed by atoms with Gasteiger partial charge in [0.05, 0.1) is 6.20 Å².